The molecule has 144 valence electrons. The van der Waals surface area contributed by atoms with Gasteiger partial charge in [-0.1, -0.05) is 25.3 Å². The Morgan fingerprint density at radius 3 is 2.43 bits per heavy atom. The maximum absolute atomic E-state index is 10.7. The van der Waals surface area contributed by atoms with E-state index in [2.05, 4.69) is 18.1 Å². The second-order valence-corrected chi connectivity index (χ2v) is 5.85. The van der Waals surface area contributed by atoms with E-state index >= 15 is 0 Å². The summed E-state index contributed by atoms with van der Waals surface area (Å²) in [5.74, 6) is 0.504. The van der Waals surface area contributed by atoms with Crippen LogP contribution in [0, 0.1) is 0 Å². The van der Waals surface area contributed by atoms with Crippen molar-refractivity contribution < 1.29 is 19.4 Å². The molecule has 5 nitrogen and oxygen atoms in total. The van der Waals surface area contributed by atoms with Gasteiger partial charge in [-0.3, -0.25) is 0 Å². The number of nitrogens with zero attached hydrogens (tertiary/aromatic N) is 1. The number of pyridine rings is 1. The number of carboxylic acid groups (broad SMARTS) is 1. The first-order chi connectivity index (χ1) is 13.5. The zero-order valence-electron chi connectivity index (χ0n) is 16.0. The summed E-state index contributed by atoms with van der Waals surface area (Å²) in [4.78, 5) is 15.2. The Morgan fingerprint density at radius 1 is 1.14 bits per heavy atom. The minimum absolute atomic E-state index is 0.299. The first-order valence-electron chi connectivity index (χ1n) is 8.70. The summed E-state index contributed by atoms with van der Waals surface area (Å²) in [6.45, 7) is 11.3. The van der Waals surface area contributed by atoms with Crippen molar-refractivity contribution in [3.05, 3.63) is 90.0 Å². The predicted molar refractivity (Wildman–Crippen MR) is 111 cm³/mol. The third-order valence-electron chi connectivity index (χ3n) is 3.81. The zero-order valence-corrected chi connectivity index (χ0v) is 16.0. The summed E-state index contributed by atoms with van der Waals surface area (Å²) >= 11 is 0. The largest absolute Gasteiger partial charge is 0.487 e. The first kappa shape index (κ1) is 20.7. The molecule has 2 aromatic rings. The lowest BCUT2D eigenvalue weighted by Gasteiger charge is -2.11. The van der Waals surface area contributed by atoms with Gasteiger partial charge in [-0.15, -0.1) is 0 Å². The molecule has 1 aromatic carbocycles. The van der Waals surface area contributed by atoms with Gasteiger partial charge in [0.2, 0.25) is 0 Å². The van der Waals surface area contributed by atoms with Gasteiger partial charge in [0, 0.05) is 5.56 Å². The van der Waals surface area contributed by atoms with E-state index in [9.17, 15) is 4.79 Å². The van der Waals surface area contributed by atoms with E-state index in [1.165, 1.54) is 0 Å². The molecule has 0 aliphatic rings. The van der Waals surface area contributed by atoms with E-state index in [-0.39, 0.29) is 0 Å². The monoisotopic (exact) mass is 377 g/mol. The fourth-order valence-corrected chi connectivity index (χ4v) is 2.48. The standard InChI is InChI=1S/C23H23NO4/c1-5-17-8-11-19(24-21(17)6-2)15-27-20-12-9-18(10-13-20)22(7-3)28-16(4)14-23(25)26/h5-14H,1-2,15H2,3-4H3,(H,25,26)/b16-14+,22-7-. The quantitative estimate of drug-likeness (QED) is 0.474. The molecule has 0 aliphatic heterocycles. The first-order valence-corrected chi connectivity index (χ1v) is 8.70. The maximum atomic E-state index is 10.7. The number of carboxylic acids is 1. The maximum Gasteiger partial charge on any atom is 0.331 e. The molecule has 1 aromatic heterocycles. The number of carbonyl (C=O) groups is 1. The minimum atomic E-state index is -1.05. The van der Waals surface area contributed by atoms with Gasteiger partial charge < -0.3 is 14.6 Å². The Balaban J connectivity index is 2.05. The molecule has 0 saturated carbocycles. The molecule has 0 aliphatic carbocycles. The number of hydrogen-bond donors (Lipinski definition) is 1. The number of hydrogen-bond acceptors (Lipinski definition) is 4. The average Bonchev–Trinajstić information content (AvgIpc) is 2.70. The molecule has 0 atom stereocenters. The average molecular weight is 377 g/mol. The van der Waals surface area contributed by atoms with Crippen LogP contribution in [0.5, 0.6) is 5.75 Å². The fraction of sp³-hybridized carbons (Fsp3) is 0.130. The fourth-order valence-electron chi connectivity index (χ4n) is 2.48. The highest BCUT2D eigenvalue weighted by Crippen LogP contribution is 2.22. The topological polar surface area (TPSA) is 68.7 Å². The molecule has 0 radical (unpaired) electrons. The van der Waals surface area contributed by atoms with Crippen LogP contribution < -0.4 is 4.74 Å². The number of aliphatic carboxylic acids is 1. The Hall–Kier alpha value is -3.60. The van der Waals surface area contributed by atoms with Gasteiger partial charge in [0.15, 0.2) is 0 Å². The van der Waals surface area contributed by atoms with Crippen LogP contribution in [0.1, 0.15) is 36.4 Å². The van der Waals surface area contributed by atoms with Gasteiger partial charge in [-0.25, -0.2) is 9.78 Å². The Bertz CT molecular complexity index is 924. The number of allylic oxidation sites excluding steroid dienone is 2. The molecular formula is C23H23NO4. The predicted octanol–water partition coefficient (Wildman–Crippen LogP) is 5.31. The van der Waals surface area contributed by atoms with Crippen LogP contribution in [0.25, 0.3) is 17.9 Å². The van der Waals surface area contributed by atoms with E-state index in [0.717, 1.165) is 28.6 Å². The Labute approximate surface area is 165 Å². The van der Waals surface area contributed by atoms with E-state index < -0.39 is 5.97 Å². The number of ether oxygens (including phenoxy) is 2. The molecule has 0 fully saturated rings. The van der Waals surface area contributed by atoms with Crippen molar-refractivity contribution in [2.75, 3.05) is 0 Å². The second-order valence-electron chi connectivity index (χ2n) is 5.85. The van der Waals surface area contributed by atoms with Crippen LogP contribution >= 0.6 is 0 Å². The highest BCUT2D eigenvalue weighted by Gasteiger charge is 2.06. The molecule has 0 unspecified atom stereocenters. The molecule has 0 spiro atoms. The number of rotatable bonds is 9. The summed E-state index contributed by atoms with van der Waals surface area (Å²) in [6, 6.07) is 11.2. The lowest BCUT2D eigenvalue weighted by Crippen LogP contribution is -2.00. The van der Waals surface area contributed by atoms with Crippen LogP contribution in [0.2, 0.25) is 0 Å². The van der Waals surface area contributed by atoms with Gasteiger partial charge in [0.05, 0.1) is 17.5 Å². The Kier molecular flexibility index (Phi) is 7.34. The highest BCUT2D eigenvalue weighted by molar-refractivity contribution is 5.80. The molecular weight excluding hydrogens is 354 g/mol. The normalized spacial score (nSPS) is 11.6. The minimum Gasteiger partial charge on any atom is -0.487 e. The molecule has 5 heteroatoms. The molecule has 1 N–H and O–H groups in total. The van der Waals surface area contributed by atoms with Crippen molar-refractivity contribution in [1.82, 2.24) is 4.98 Å². The SMILES string of the molecule is C=Cc1ccc(COc2ccc(/C(=C/C)O/C(C)=C/C(=O)O)cc2)nc1C=C. The lowest BCUT2D eigenvalue weighted by atomic mass is 10.1. The van der Waals surface area contributed by atoms with Crippen molar-refractivity contribution in [1.29, 1.82) is 0 Å². The van der Waals surface area contributed by atoms with E-state index in [0.29, 0.717) is 23.9 Å². The smallest absolute Gasteiger partial charge is 0.331 e. The molecule has 1 heterocycles. The lowest BCUT2D eigenvalue weighted by molar-refractivity contribution is -0.131. The summed E-state index contributed by atoms with van der Waals surface area (Å²) < 4.78 is 11.4. The van der Waals surface area contributed by atoms with E-state index in [1.807, 2.05) is 43.3 Å². The number of benzene rings is 1. The van der Waals surface area contributed by atoms with Gasteiger partial charge >= 0.3 is 5.97 Å². The summed E-state index contributed by atoms with van der Waals surface area (Å²) in [5, 5.41) is 8.78. The van der Waals surface area contributed by atoms with Crippen molar-refractivity contribution in [2.24, 2.45) is 0 Å². The third kappa shape index (κ3) is 5.71. The van der Waals surface area contributed by atoms with Crippen molar-refractivity contribution in [2.45, 2.75) is 20.5 Å². The second kappa shape index (κ2) is 9.92. The van der Waals surface area contributed by atoms with E-state index in [1.54, 1.807) is 25.2 Å². The van der Waals surface area contributed by atoms with Crippen LogP contribution in [-0.2, 0) is 16.1 Å². The number of aromatic nitrogens is 1. The van der Waals surface area contributed by atoms with Crippen molar-refractivity contribution in [3.63, 3.8) is 0 Å². The van der Waals surface area contributed by atoms with Crippen LogP contribution in [-0.4, -0.2) is 16.1 Å². The molecule has 0 amide bonds. The third-order valence-corrected chi connectivity index (χ3v) is 3.81. The van der Waals surface area contributed by atoms with Crippen LogP contribution in [0.4, 0.5) is 0 Å². The molecule has 0 bridgehead atoms. The summed E-state index contributed by atoms with van der Waals surface area (Å²) in [5.41, 5.74) is 3.30. The van der Waals surface area contributed by atoms with E-state index in [4.69, 9.17) is 14.6 Å². The van der Waals surface area contributed by atoms with Gasteiger partial charge in [-0.05, 0) is 61.9 Å². The zero-order chi connectivity index (χ0) is 20.5. The summed E-state index contributed by atoms with van der Waals surface area (Å²) in [7, 11) is 0. The van der Waals surface area contributed by atoms with Crippen molar-refractivity contribution in [3.8, 4) is 5.75 Å². The molecule has 28 heavy (non-hydrogen) atoms. The summed E-state index contributed by atoms with van der Waals surface area (Å²) in [6.07, 6.45) is 6.22. The molecule has 2 rings (SSSR count). The van der Waals surface area contributed by atoms with Crippen molar-refractivity contribution >= 4 is 23.9 Å². The Morgan fingerprint density at radius 2 is 1.86 bits per heavy atom. The van der Waals surface area contributed by atoms with Crippen LogP contribution in [0.15, 0.2) is 67.5 Å². The van der Waals surface area contributed by atoms with Crippen LogP contribution in [0.3, 0.4) is 0 Å². The highest BCUT2D eigenvalue weighted by atomic mass is 16.5. The molecule has 0 saturated heterocycles. The van der Waals surface area contributed by atoms with Gasteiger partial charge in [0.25, 0.3) is 0 Å². The van der Waals surface area contributed by atoms with Gasteiger partial charge in [0.1, 0.15) is 23.9 Å². The van der Waals surface area contributed by atoms with Gasteiger partial charge in [-0.2, -0.15) is 0 Å².